The van der Waals surface area contributed by atoms with Gasteiger partial charge in [-0.2, -0.15) is 0 Å². The molecule has 0 fully saturated rings. The van der Waals surface area contributed by atoms with Gasteiger partial charge >= 0.3 is 0 Å². The highest BCUT2D eigenvalue weighted by atomic mass is 32.2. The third kappa shape index (κ3) is 3.00. The zero-order chi connectivity index (χ0) is 15.7. The molecule has 2 heterocycles. The highest BCUT2D eigenvalue weighted by Crippen LogP contribution is 2.31. The van der Waals surface area contributed by atoms with Crippen molar-refractivity contribution in [2.75, 3.05) is 22.4 Å². The molecule has 0 aliphatic carbocycles. The second-order valence-corrected chi connectivity index (χ2v) is 8.07. The fourth-order valence-electron chi connectivity index (χ4n) is 2.59. The summed E-state index contributed by atoms with van der Waals surface area (Å²) in [5.74, 6) is -0.147. The Hall–Kier alpha value is -1.86. The molecule has 1 N–H and O–H groups in total. The quantitative estimate of drug-likeness (QED) is 0.937. The number of fused-ring (bicyclic) bond motifs is 1. The third-order valence-electron chi connectivity index (χ3n) is 3.56. The molecule has 0 radical (unpaired) electrons. The van der Waals surface area contributed by atoms with Crippen molar-refractivity contribution in [3.8, 4) is 0 Å². The van der Waals surface area contributed by atoms with E-state index in [1.54, 1.807) is 18.2 Å². The lowest BCUT2D eigenvalue weighted by molar-refractivity contribution is 0.103. The van der Waals surface area contributed by atoms with Gasteiger partial charge in [-0.3, -0.25) is 9.10 Å². The molecule has 1 aliphatic rings. The van der Waals surface area contributed by atoms with Crippen LogP contribution in [-0.2, 0) is 16.4 Å². The van der Waals surface area contributed by atoms with E-state index in [9.17, 15) is 13.2 Å². The van der Waals surface area contributed by atoms with E-state index in [2.05, 4.69) is 5.32 Å². The fourth-order valence-corrected chi connectivity index (χ4v) is 4.20. The number of amides is 1. The van der Waals surface area contributed by atoms with Gasteiger partial charge in [0.15, 0.2) is 0 Å². The number of sulfonamides is 1. The average molecular weight is 336 g/mol. The third-order valence-corrected chi connectivity index (χ3v) is 5.61. The molecule has 0 saturated heterocycles. The number of benzene rings is 1. The molecule has 1 aromatic heterocycles. The van der Waals surface area contributed by atoms with Gasteiger partial charge < -0.3 is 5.32 Å². The van der Waals surface area contributed by atoms with Crippen LogP contribution in [0, 0.1) is 0 Å². The lowest BCUT2D eigenvalue weighted by atomic mass is 10.0. The Balaban J connectivity index is 1.87. The largest absolute Gasteiger partial charge is 0.321 e. The monoisotopic (exact) mass is 336 g/mol. The number of aryl methyl sites for hydroxylation is 1. The number of carbonyl (C=O) groups excluding carboxylic acids is 1. The van der Waals surface area contributed by atoms with E-state index in [1.807, 2.05) is 17.5 Å². The van der Waals surface area contributed by atoms with Gasteiger partial charge in [0.05, 0.1) is 16.8 Å². The Kier molecular flexibility index (Phi) is 3.92. The Morgan fingerprint density at radius 2 is 2.14 bits per heavy atom. The highest BCUT2D eigenvalue weighted by molar-refractivity contribution is 7.92. The summed E-state index contributed by atoms with van der Waals surface area (Å²) in [6.07, 6.45) is 2.81. The number of nitrogens with one attached hydrogen (secondary N) is 1. The molecular formula is C15H16N2O3S2. The van der Waals surface area contributed by atoms with Crippen molar-refractivity contribution in [1.82, 2.24) is 0 Å². The highest BCUT2D eigenvalue weighted by Gasteiger charge is 2.24. The van der Waals surface area contributed by atoms with Crippen LogP contribution in [0.3, 0.4) is 0 Å². The van der Waals surface area contributed by atoms with Crippen LogP contribution in [0.25, 0.3) is 0 Å². The van der Waals surface area contributed by atoms with E-state index >= 15 is 0 Å². The molecule has 3 rings (SSSR count). The van der Waals surface area contributed by atoms with Gasteiger partial charge in [0.25, 0.3) is 5.91 Å². The van der Waals surface area contributed by atoms with E-state index in [-0.39, 0.29) is 5.91 Å². The first-order chi connectivity index (χ1) is 10.4. The molecule has 0 bridgehead atoms. The van der Waals surface area contributed by atoms with Crippen molar-refractivity contribution in [1.29, 1.82) is 0 Å². The van der Waals surface area contributed by atoms with Crippen molar-refractivity contribution in [3.05, 3.63) is 46.2 Å². The molecule has 7 heteroatoms. The van der Waals surface area contributed by atoms with Crippen LogP contribution in [-0.4, -0.2) is 27.1 Å². The normalized spacial score (nSPS) is 14.5. The maximum Gasteiger partial charge on any atom is 0.265 e. The van der Waals surface area contributed by atoms with E-state index in [0.29, 0.717) is 22.8 Å². The number of hydrogen-bond acceptors (Lipinski definition) is 4. The van der Waals surface area contributed by atoms with Crippen molar-refractivity contribution >= 4 is 38.6 Å². The van der Waals surface area contributed by atoms with Crippen LogP contribution in [0.2, 0.25) is 0 Å². The van der Waals surface area contributed by atoms with Crippen LogP contribution in [0.15, 0.2) is 35.7 Å². The molecule has 0 atom stereocenters. The van der Waals surface area contributed by atoms with E-state index in [4.69, 9.17) is 0 Å². The summed E-state index contributed by atoms with van der Waals surface area (Å²) in [5, 5.41) is 4.70. The molecule has 1 aromatic carbocycles. The first kappa shape index (κ1) is 15.1. The smallest absolute Gasteiger partial charge is 0.265 e. The van der Waals surface area contributed by atoms with Gasteiger partial charge in [0.1, 0.15) is 0 Å². The van der Waals surface area contributed by atoms with Crippen LogP contribution in [0.1, 0.15) is 21.7 Å². The molecular weight excluding hydrogens is 320 g/mol. The Morgan fingerprint density at radius 1 is 1.32 bits per heavy atom. The second kappa shape index (κ2) is 5.73. The molecule has 116 valence electrons. The number of hydrogen-bond donors (Lipinski definition) is 1. The van der Waals surface area contributed by atoms with Gasteiger partial charge in [-0.1, -0.05) is 6.07 Å². The first-order valence-corrected chi connectivity index (χ1v) is 9.63. The Labute approximate surface area is 133 Å². The van der Waals surface area contributed by atoms with E-state index < -0.39 is 10.0 Å². The molecule has 22 heavy (non-hydrogen) atoms. The number of thiophene rings is 1. The standard InChI is InChI=1S/C15H16N2O3S2/c1-22(19,20)17-8-2-4-11-10-12(6-7-13(11)17)16-15(18)14-5-3-9-21-14/h3,5-7,9-10H,2,4,8H2,1H3,(H,16,18). The van der Waals surface area contributed by atoms with Gasteiger partial charge in [-0.15, -0.1) is 11.3 Å². The van der Waals surface area contributed by atoms with Crippen molar-refractivity contribution < 1.29 is 13.2 Å². The Morgan fingerprint density at radius 3 is 2.82 bits per heavy atom. The fraction of sp³-hybridized carbons (Fsp3) is 0.267. The van der Waals surface area contributed by atoms with Gasteiger partial charge in [-0.05, 0) is 48.1 Å². The summed E-state index contributed by atoms with van der Waals surface area (Å²) in [6, 6.07) is 8.96. The van der Waals surface area contributed by atoms with Crippen molar-refractivity contribution in [3.63, 3.8) is 0 Å². The molecule has 1 amide bonds. The summed E-state index contributed by atoms with van der Waals surface area (Å²) < 4.78 is 25.1. The second-order valence-electron chi connectivity index (χ2n) is 5.21. The van der Waals surface area contributed by atoms with Crippen molar-refractivity contribution in [2.45, 2.75) is 12.8 Å². The average Bonchev–Trinajstić information content (AvgIpc) is 2.99. The molecule has 1 aliphatic heterocycles. The maximum atomic E-state index is 12.1. The summed E-state index contributed by atoms with van der Waals surface area (Å²) >= 11 is 1.38. The zero-order valence-electron chi connectivity index (χ0n) is 12.1. The minimum absolute atomic E-state index is 0.147. The predicted octanol–water partition coefficient (Wildman–Crippen LogP) is 2.71. The number of rotatable bonds is 3. The summed E-state index contributed by atoms with van der Waals surface area (Å²) in [6.45, 7) is 0.507. The predicted molar refractivity (Wildman–Crippen MR) is 89.2 cm³/mol. The molecule has 0 saturated carbocycles. The SMILES string of the molecule is CS(=O)(=O)N1CCCc2cc(NC(=O)c3cccs3)ccc21. The van der Waals surface area contributed by atoms with Crippen LogP contribution >= 0.6 is 11.3 Å². The summed E-state index contributed by atoms with van der Waals surface area (Å²) in [4.78, 5) is 12.7. The van der Waals surface area contributed by atoms with Crippen molar-refractivity contribution in [2.24, 2.45) is 0 Å². The van der Waals surface area contributed by atoms with Crippen LogP contribution < -0.4 is 9.62 Å². The van der Waals surface area contributed by atoms with E-state index in [1.165, 1.54) is 21.9 Å². The van der Waals surface area contributed by atoms with Gasteiger partial charge in [0, 0.05) is 12.2 Å². The number of nitrogens with zero attached hydrogens (tertiary/aromatic N) is 1. The number of carbonyl (C=O) groups is 1. The van der Waals surface area contributed by atoms with Gasteiger partial charge in [-0.25, -0.2) is 8.42 Å². The molecule has 0 spiro atoms. The van der Waals surface area contributed by atoms with Gasteiger partial charge in [0.2, 0.25) is 10.0 Å². The minimum Gasteiger partial charge on any atom is -0.321 e. The molecule has 2 aromatic rings. The molecule has 0 unspecified atom stereocenters. The first-order valence-electron chi connectivity index (χ1n) is 6.90. The zero-order valence-corrected chi connectivity index (χ0v) is 13.7. The molecule has 5 nitrogen and oxygen atoms in total. The lowest BCUT2D eigenvalue weighted by Gasteiger charge is -2.29. The van der Waals surface area contributed by atoms with Crippen LogP contribution in [0.4, 0.5) is 11.4 Å². The minimum atomic E-state index is -3.26. The lowest BCUT2D eigenvalue weighted by Crippen LogP contribution is -2.34. The summed E-state index contributed by atoms with van der Waals surface area (Å²) in [7, 11) is -3.26. The van der Waals surface area contributed by atoms with Crippen LogP contribution in [0.5, 0.6) is 0 Å². The summed E-state index contributed by atoms with van der Waals surface area (Å²) in [5.41, 5.74) is 2.34. The topological polar surface area (TPSA) is 66.5 Å². The van der Waals surface area contributed by atoms with E-state index in [0.717, 1.165) is 18.4 Å². The Bertz CT molecular complexity index is 798. The number of anilines is 2. The maximum absolute atomic E-state index is 12.1.